The predicted octanol–water partition coefficient (Wildman–Crippen LogP) is 5.19. The van der Waals surface area contributed by atoms with Crippen LogP contribution in [0.15, 0.2) is 42.5 Å². The molecule has 0 saturated carbocycles. The molecule has 106 valence electrons. The molecule has 0 bridgehead atoms. The molecule has 0 aliphatic heterocycles. The maximum Gasteiger partial charge on any atom is 0.0595 e. The Hall–Kier alpha value is -0.730. The normalized spacial score (nSPS) is 12.4. The van der Waals surface area contributed by atoms with Gasteiger partial charge in [0.1, 0.15) is 0 Å². The van der Waals surface area contributed by atoms with Crippen LogP contribution in [-0.4, -0.2) is 13.6 Å². The molecule has 0 amide bonds. The van der Waals surface area contributed by atoms with Gasteiger partial charge in [0.15, 0.2) is 0 Å². The van der Waals surface area contributed by atoms with Crippen molar-refractivity contribution in [3.8, 4) is 0 Å². The third-order valence-electron chi connectivity index (χ3n) is 3.26. The first-order valence-corrected chi connectivity index (χ1v) is 7.58. The van der Waals surface area contributed by atoms with Crippen LogP contribution in [0.5, 0.6) is 0 Å². The van der Waals surface area contributed by atoms with E-state index in [1.807, 2.05) is 43.4 Å². The maximum atomic E-state index is 6.30. The minimum Gasteiger partial charge on any atom is -0.319 e. The summed E-state index contributed by atoms with van der Waals surface area (Å²) in [4.78, 5) is 0. The average molecular weight is 329 g/mol. The lowest BCUT2D eigenvalue weighted by atomic mass is 9.92. The number of hydrogen-bond donors (Lipinski definition) is 1. The van der Waals surface area contributed by atoms with Crippen LogP contribution in [0, 0.1) is 0 Å². The first kappa shape index (κ1) is 15.7. The largest absolute Gasteiger partial charge is 0.319 e. The monoisotopic (exact) mass is 327 g/mol. The molecule has 0 heterocycles. The van der Waals surface area contributed by atoms with Gasteiger partial charge in [-0.25, -0.2) is 0 Å². The molecule has 4 heteroatoms. The van der Waals surface area contributed by atoms with Gasteiger partial charge in [0.05, 0.1) is 10.0 Å². The summed E-state index contributed by atoms with van der Waals surface area (Å²) in [5.41, 5.74) is 2.30. The molecule has 20 heavy (non-hydrogen) atoms. The molecular weight excluding hydrogens is 313 g/mol. The van der Waals surface area contributed by atoms with E-state index in [4.69, 9.17) is 34.8 Å². The lowest BCUT2D eigenvalue weighted by Crippen LogP contribution is -2.19. The van der Waals surface area contributed by atoms with E-state index in [0.717, 1.165) is 29.1 Å². The summed E-state index contributed by atoms with van der Waals surface area (Å²) in [5.74, 6) is 0.297. The molecule has 2 rings (SSSR count). The first-order chi connectivity index (χ1) is 9.61. The third-order valence-corrected chi connectivity index (χ3v) is 4.34. The molecule has 2 aromatic rings. The molecule has 0 aliphatic carbocycles. The summed E-state index contributed by atoms with van der Waals surface area (Å²) in [6, 6.07) is 13.7. The summed E-state index contributed by atoms with van der Waals surface area (Å²) in [6.45, 7) is 0.851. The molecule has 1 N–H and O–H groups in total. The number of hydrogen-bond acceptors (Lipinski definition) is 1. The molecule has 1 atom stereocenters. The lowest BCUT2D eigenvalue weighted by Gasteiger charge is -2.18. The van der Waals surface area contributed by atoms with Crippen LogP contribution in [0.4, 0.5) is 0 Å². The Kier molecular flexibility index (Phi) is 5.74. The van der Waals surface area contributed by atoms with Crippen molar-refractivity contribution in [2.24, 2.45) is 0 Å². The fraction of sp³-hybridized carbons (Fsp3) is 0.250. The fourth-order valence-electron chi connectivity index (χ4n) is 2.30. The van der Waals surface area contributed by atoms with Gasteiger partial charge in [-0.05, 0) is 42.8 Å². The van der Waals surface area contributed by atoms with Gasteiger partial charge in [-0.3, -0.25) is 0 Å². The number of benzene rings is 2. The molecule has 0 radical (unpaired) electrons. The van der Waals surface area contributed by atoms with Gasteiger partial charge in [0.25, 0.3) is 0 Å². The van der Waals surface area contributed by atoms with E-state index < -0.39 is 0 Å². The van der Waals surface area contributed by atoms with Crippen molar-refractivity contribution in [1.29, 1.82) is 0 Å². The van der Waals surface area contributed by atoms with E-state index in [2.05, 4.69) is 11.4 Å². The highest BCUT2D eigenvalue weighted by Gasteiger charge is 2.15. The van der Waals surface area contributed by atoms with Crippen LogP contribution in [0.3, 0.4) is 0 Å². The van der Waals surface area contributed by atoms with Crippen molar-refractivity contribution in [3.63, 3.8) is 0 Å². The van der Waals surface area contributed by atoms with Crippen LogP contribution in [0.25, 0.3) is 0 Å². The Bertz CT molecular complexity index is 584. The van der Waals surface area contributed by atoms with Gasteiger partial charge in [0, 0.05) is 17.5 Å². The first-order valence-electron chi connectivity index (χ1n) is 6.44. The highest BCUT2D eigenvalue weighted by atomic mass is 35.5. The second-order valence-corrected chi connectivity index (χ2v) is 5.95. The lowest BCUT2D eigenvalue weighted by molar-refractivity contribution is 0.626. The predicted molar refractivity (Wildman–Crippen MR) is 88.3 cm³/mol. The molecular formula is C16H16Cl3N. The van der Waals surface area contributed by atoms with Crippen LogP contribution in [0.2, 0.25) is 15.1 Å². The zero-order valence-corrected chi connectivity index (χ0v) is 13.4. The standard InChI is InChI=1S/C16H16Cl3N/c1-20-10-12(13-4-2-3-5-14(13)17)8-11-6-7-15(18)16(19)9-11/h2-7,9,12,20H,8,10H2,1H3. The van der Waals surface area contributed by atoms with E-state index in [9.17, 15) is 0 Å². The van der Waals surface area contributed by atoms with Crippen molar-refractivity contribution in [2.45, 2.75) is 12.3 Å². The van der Waals surface area contributed by atoms with Gasteiger partial charge in [-0.2, -0.15) is 0 Å². The van der Waals surface area contributed by atoms with Crippen LogP contribution >= 0.6 is 34.8 Å². The quantitative estimate of drug-likeness (QED) is 0.796. The Morgan fingerprint density at radius 2 is 1.70 bits per heavy atom. The Labute approximate surface area is 134 Å². The zero-order chi connectivity index (χ0) is 14.5. The van der Waals surface area contributed by atoms with E-state index in [1.165, 1.54) is 0 Å². The molecule has 0 aliphatic rings. The van der Waals surface area contributed by atoms with Gasteiger partial charge < -0.3 is 5.32 Å². The average Bonchev–Trinajstić information content (AvgIpc) is 2.43. The van der Waals surface area contributed by atoms with Gasteiger partial charge in [-0.1, -0.05) is 59.1 Å². The highest BCUT2D eigenvalue weighted by Crippen LogP contribution is 2.29. The number of rotatable bonds is 5. The molecule has 0 spiro atoms. The SMILES string of the molecule is CNCC(Cc1ccc(Cl)c(Cl)c1)c1ccccc1Cl. The second-order valence-electron chi connectivity index (χ2n) is 4.73. The summed E-state index contributed by atoms with van der Waals surface area (Å²) >= 11 is 18.3. The zero-order valence-electron chi connectivity index (χ0n) is 11.2. The molecule has 0 saturated heterocycles. The van der Waals surface area contributed by atoms with Gasteiger partial charge in [-0.15, -0.1) is 0 Å². The number of halogens is 3. The molecule has 1 unspecified atom stereocenters. The van der Waals surface area contributed by atoms with Crippen molar-refractivity contribution in [3.05, 3.63) is 68.7 Å². The summed E-state index contributed by atoms with van der Waals surface area (Å²) in [7, 11) is 1.94. The van der Waals surface area contributed by atoms with Crippen molar-refractivity contribution in [1.82, 2.24) is 5.32 Å². The van der Waals surface area contributed by atoms with Crippen molar-refractivity contribution in [2.75, 3.05) is 13.6 Å². The van der Waals surface area contributed by atoms with Crippen molar-refractivity contribution < 1.29 is 0 Å². The molecule has 2 aromatic carbocycles. The number of nitrogens with one attached hydrogen (secondary N) is 1. The van der Waals surface area contributed by atoms with Crippen molar-refractivity contribution >= 4 is 34.8 Å². The molecule has 1 nitrogen and oxygen atoms in total. The minimum absolute atomic E-state index is 0.297. The summed E-state index contributed by atoms with van der Waals surface area (Å²) in [5, 5.41) is 5.19. The molecule has 0 aromatic heterocycles. The Morgan fingerprint density at radius 3 is 2.35 bits per heavy atom. The van der Waals surface area contributed by atoms with E-state index in [0.29, 0.717) is 16.0 Å². The number of likely N-dealkylation sites (N-methyl/N-ethyl adjacent to an activating group) is 1. The summed E-state index contributed by atoms with van der Waals surface area (Å²) in [6.07, 6.45) is 0.863. The van der Waals surface area contributed by atoms with E-state index in [-0.39, 0.29) is 0 Å². The van der Waals surface area contributed by atoms with Gasteiger partial charge >= 0.3 is 0 Å². The van der Waals surface area contributed by atoms with E-state index >= 15 is 0 Å². The smallest absolute Gasteiger partial charge is 0.0595 e. The van der Waals surface area contributed by atoms with E-state index in [1.54, 1.807) is 0 Å². The van der Waals surface area contributed by atoms with Crippen LogP contribution in [0.1, 0.15) is 17.0 Å². The Balaban J connectivity index is 2.25. The Morgan fingerprint density at radius 1 is 0.950 bits per heavy atom. The van der Waals surface area contributed by atoms with Crippen LogP contribution < -0.4 is 5.32 Å². The topological polar surface area (TPSA) is 12.0 Å². The van der Waals surface area contributed by atoms with Gasteiger partial charge in [0.2, 0.25) is 0 Å². The third kappa shape index (κ3) is 3.89. The molecule has 0 fully saturated rings. The fourth-order valence-corrected chi connectivity index (χ4v) is 2.91. The van der Waals surface area contributed by atoms with Crippen LogP contribution in [-0.2, 0) is 6.42 Å². The minimum atomic E-state index is 0.297. The highest BCUT2D eigenvalue weighted by molar-refractivity contribution is 6.42. The second kappa shape index (κ2) is 7.33. The summed E-state index contributed by atoms with van der Waals surface area (Å²) < 4.78 is 0. The maximum absolute atomic E-state index is 6.30.